The molecule has 0 aliphatic rings. The Bertz CT molecular complexity index is 620. The molecular formula is C16H18N2O3S. The number of nitrogens with zero attached hydrogens (tertiary/aromatic N) is 1. The maximum atomic E-state index is 12.5. The van der Waals surface area contributed by atoms with E-state index in [1.807, 2.05) is 17.5 Å². The minimum Gasteiger partial charge on any atom is -0.459 e. The van der Waals surface area contributed by atoms with E-state index in [0.717, 1.165) is 4.88 Å². The van der Waals surface area contributed by atoms with E-state index >= 15 is 0 Å². The van der Waals surface area contributed by atoms with Crippen LogP contribution in [0, 0.1) is 0 Å². The van der Waals surface area contributed by atoms with Crippen molar-refractivity contribution in [2.24, 2.45) is 0 Å². The molecule has 6 heteroatoms. The van der Waals surface area contributed by atoms with Gasteiger partial charge in [0.15, 0.2) is 5.76 Å². The van der Waals surface area contributed by atoms with Gasteiger partial charge in [0.05, 0.1) is 12.8 Å². The summed E-state index contributed by atoms with van der Waals surface area (Å²) in [6, 6.07) is 6.46. The zero-order valence-electron chi connectivity index (χ0n) is 12.3. The number of nitrogens with one attached hydrogen (secondary N) is 1. The molecule has 0 saturated heterocycles. The van der Waals surface area contributed by atoms with Gasteiger partial charge < -0.3 is 14.6 Å². The Hall–Kier alpha value is -2.34. The molecule has 0 fully saturated rings. The number of thiophene rings is 1. The standard InChI is InChI=1S/C16H18N2O3S/c1-3-8-18(11-13-6-5-10-22-13)16(20)12(2)17-15(19)14-7-4-9-21-14/h3-7,9-10,12H,1,8,11H2,2H3,(H,17,19)/t12-/m0/s1. The van der Waals surface area contributed by atoms with Crippen LogP contribution < -0.4 is 5.32 Å². The second-order valence-corrected chi connectivity index (χ2v) is 5.79. The molecule has 22 heavy (non-hydrogen) atoms. The van der Waals surface area contributed by atoms with Crippen molar-refractivity contribution in [3.05, 3.63) is 59.2 Å². The number of rotatable bonds is 7. The van der Waals surface area contributed by atoms with Crippen molar-refractivity contribution in [2.75, 3.05) is 6.54 Å². The summed E-state index contributed by atoms with van der Waals surface area (Å²) in [4.78, 5) is 27.2. The van der Waals surface area contributed by atoms with Crippen LogP contribution in [-0.4, -0.2) is 29.3 Å². The van der Waals surface area contributed by atoms with Gasteiger partial charge in [0, 0.05) is 11.4 Å². The largest absolute Gasteiger partial charge is 0.459 e. The van der Waals surface area contributed by atoms with Crippen LogP contribution in [0.1, 0.15) is 22.4 Å². The van der Waals surface area contributed by atoms with Crippen LogP contribution in [0.2, 0.25) is 0 Å². The number of carbonyl (C=O) groups is 2. The van der Waals surface area contributed by atoms with Gasteiger partial charge in [-0.2, -0.15) is 0 Å². The van der Waals surface area contributed by atoms with Crippen LogP contribution in [0.15, 0.2) is 53.0 Å². The van der Waals surface area contributed by atoms with E-state index < -0.39 is 11.9 Å². The van der Waals surface area contributed by atoms with E-state index in [-0.39, 0.29) is 11.7 Å². The molecule has 2 amide bonds. The summed E-state index contributed by atoms with van der Waals surface area (Å²) in [6.07, 6.45) is 3.09. The fraction of sp³-hybridized carbons (Fsp3) is 0.250. The Balaban J connectivity index is 1.99. The van der Waals surface area contributed by atoms with Crippen LogP contribution in [0.25, 0.3) is 0 Å². The molecule has 1 N–H and O–H groups in total. The third kappa shape index (κ3) is 4.08. The van der Waals surface area contributed by atoms with Crippen LogP contribution in [0.4, 0.5) is 0 Å². The Morgan fingerprint density at radius 3 is 2.86 bits per heavy atom. The minimum absolute atomic E-state index is 0.159. The molecule has 0 spiro atoms. The van der Waals surface area contributed by atoms with Crippen molar-refractivity contribution < 1.29 is 14.0 Å². The maximum absolute atomic E-state index is 12.5. The highest BCUT2D eigenvalue weighted by Gasteiger charge is 2.23. The zero-order chi connectivity index (χ0) is 15.9. The molecular weight excluding hydrogens is 300 g/mol. The van der Waals surface area contributed by atoms with Gasteiger partial charge in [0.2, 0.25) is 5.91 Å². The number of hydrogen-bond donors (Lipinski definition) is 1. The quantitative estimate of drug-likeness (QED) is 0.798. The van der Waals surface area contributed by atoms with E-state index in [9.17, 15) is 9.59 Å². The Labute approximate surface area is 133 Å². The van der Waals surface area contributed by atoms with Gasteiger partial charge in [0.25, 0.3) is 5.91 Å². The first-order valence-corrected chi connectivity index (χ1v) is 7.76. The highest BCUT2D eigenvalue weighted by Crippen LogP contribution is 2.13. The highest BCUT2D eigenvalue weighted by atomic mass is 32.1. The number of hydrogen-bond acceptors (Lipinski definition) is 4. The second-order valence-electron chi connectivity index (χ2n) is 4.76. The summed E-state index contributed by atoms with van der Waals surface area (Å²) in [5, 5.41) is 4.61. The van der Waals surface area contributed by atoms with Crippen molar-refractivity contribution in [1.82, 2.24) is 10.2 Å². The molecule has 2 aromatic heterocycles. The number of amides is 2. The summed E-state index contributed by atoms with van der Waals surface area (Å²) in [7, 11) is 0. The summed E-state index contributed by atoms with van der Waals surface area (Å²) in [5.74, 6) is -0.373. The molecule has 0 bridgehead atoms. The molecule has 1 atom stereocenters. The molecule has 2 heterocycles. The first-order chi connectivity index (χ1) is 10.6. The summed E-state index contributed by atoms with van der Waals surface area (Å²) in [5.41, 5.74) is 0. The van der Waals surface area contributed by atoms with Crippen molar-refractivity contribution in [3.8, 4) is 0 Å². The predicted molar refractivity (Wildman–Crippen MR) is 85.6 cm³/mol. The van der Waals surface area contributed by atoms with Gasteiger partial charge in [-0.15, -0.1) is 17.9 Å². The molecule has 0 unspecified atom stereocenters. The van der Waals surface area contributed by atoms with Gasteiger partial charge in [-0.05, 0) is 30.5 Å². The smallest absolute Gasteiger partial charge is 0.287 e. The van der Waals surface area contributed by atoms with E-state index in [2.05, 4.69) is 11.9 Å². The molecule has 0 aliphatic carbocycles. The lowest BCUT2D eigenvalue weighted by atomic mass is 10.2. The van der Waals surface area contributed by atoms with Crippen molar-refractivity contribution in [3.63, 3.8) is 0 Å². The summed E-state index contributed by atoms with van der Waals surface area (Å²) in [6.45, 7) is 6.27. The molecule has 5 nitrogen and oxygen atoms in total. The van der Waals surface area contributed by atoms with E-state index in [1.54, 1.807) is 41.4 Å². The first-order valence-electron chi connectivity index (χ1n) is 6.88. The molecule has 116 valence electrons. The molecule has 0 aliphatic heterocycles. The fourth-order valence-electron chi connectivity index (χ4n) is 1.99. The normalized spacial score (nSPS) is 11.7. The molecule has 0 aromatic carbocycles. The van der Waals surface area contributed by atoms with Crippen molar-refractivity contribution in [1.29, 1.82) is 0 Å². The molecule has 2 aromatic rings. The fourth-order valence-corrected chi connectivity index (χ4v) is 2.71. The molecule has 2 rings (SSSR count). The van der Waals surface area contributed by atoms with Crippen LogP contribution in [-0.2, 0) is 11.3 Å². The van der Waals surface area contributed by atoms with Gasteiger partial charge >= 0.3 is 0 Å². The third-order valence-corrected chi connectivity index (χ3v) is 3.91. The van der Waals surface area contributed by atoms with Crippen molar-refractivity contribution >= 4 is 23.2 Å². The lowest BCUT2D eigenvalue weighted by molar-refractivity contribution is -0.132. The lowest BCUT2D eigenvalue weighted by Gasteiger charge is -2.24. The van der Waals surface area contributed by atoms with Gasteiger partial charge in [0.1, 0.15) is 6.04 Å². The number of furan rings is 1. The SMILES string of the molecule is C=CCN(Cc1cccs1)C(=O)[C@H](C)NC(=O)c1ccco1. The van der Waals surface area contributed by atoms with Crippen LogP contribution in [0.5, 0.6) is 0 Å². The second kappa shape index (κ2) is 7.61. The first kappa shape index (κ1) is 16.0. The zero-order valence-corrected chi connectivity index (χ0v) is 13.1. The predicted octanol–water partition coefficient (Wildman–Crippen LogP) is 2.67. The van der Waals surface area contributed by atoms with E-state index in [4.69, 9.17) is 4.42 Å². The Morgan fingerprint density at radius 2 is 2.27 bits per heavy atom. The van der Waals surface area contributed by atoms with Gasteiger partial charge in [-0.1, -0.05) is 12.1 Å². The van der Waals surface area contributed by atoms with Gasteiger partial charge in [-0.3, -0.25) is 9.59 Å². The van der Waals surface area contributed by atoms with E-state index in [1.165, 1.54) is 6.26 Å². The summed E-state index contributed by atoms with van der Waals surface area (Å²) >= 11 is 1.59. The Kier molecular flexibility index (Phi) is 5.55. The van der Waals surface area contributed by atoms with Crippen molar-refractivity contribution in [2.45, 2.75) is 19.5 Å². The molecule has 0 radical (unpaired) electrons. The average Bonchev–Trinajstić information content (AvgIpc) is 3.19. The Morgan fingerprint density at radius 1 is 1.45 bits per heavy atom. The molecule has 0 saturated carbocycles. The lowest BCUT2D eigenvalue weighted by Crippen LogP contribution is -2.46. The van der Waals surface area contributed by atoms with Crippen LogP contribution >= 0.6 is 11.3 Å². The highest BCUT2D eigenvalue weighted by molar-refractivity contribution is 7.09. The third-order valence-electron chi connectivity index (χ3n) is 3.05. The topological polar surface area (TPSA) is 62.6 Å². The van der Waals surface area contributed by atoms with E-state index in [0.29, 0.717) is 13.1 Å². The number of carbonyl (C=O) groups excluding carboxylic acids is 2. The summed E-state index contributed by atoms with van der Waals surface area (Å²) < 4.78 is 5.02. The average molecular weight is 318 g/mol. The van der Waals surface area contributed by atoms with Gasteiger partial charge in [-0.25, -0.2) is 0 Å². The monoisotopic (exact) mass is 318 g/mol. The maximum Gasteiger partial charge on any atom is 0.287 e. The minimum atomic E-state index is -0.641. The van der Waals surface area contributed by atoms with Crippen LogP contribution in [0.3, 0.4) is 0 Å².